The van der Waals surface area contributed by atoms with Crippen molar-refractivity contribution in [2.24, 2.45) is 5.92 Å². The van der Waals surface area contributed by atoms with E-state index in [4.69, 9.17) is 5.11 Å². The second kappa shape index (κ2) is 5.31. The lowest BCUT2D eigenvalue weighted by Gasteiger charge is -2.21. The van der Waals surface area contributed by atoms with E-state index in [-0.39, 0.29) is 5.69 Å². The first-order valence-electron chi connectivity index (χ1n) is 7.42. The maximum atomic E-state index is 11.2. The van der Waals surface area contributed by atoms with Gasteiger partial charge in [-0.15, -0.1) is 5.10 Å². The van der Waals surface area contributed by atoms with Crippen LogP contribution >= 0.6 is 0 Å². The van der Waals surface area contributed by atoms with Crippen LogP contribution in [0.4, 0.5) is 0 Å². The van der Waals surface area contributed by atoms with Gasteiger partial charge in [0.25, 0.3) is 0 Å². The monoisotopic (exact) mass is 263 g/mol. The summed E-state index contributed by atoms with van der Waals surface area (Å²) in [7, 11) is 0. The van der Waals surface area contributed by atoms with Gasteiger partial charge < -0.3 is 5.11 Å². The maximum absolute atomic E-state index is 11.2. The van der Waals surface area contributed by atoms with Gasteiger partial charge >= 0.3 is 5.97 Å². The van der Waals surface area contributed by atoms with Crippen molar-refractivity contribution >= 4 is 5.97 Å². The molecule has 0 amide bonds. The predicted molar refractivity (Wildman–Crippen MR) is 70.1 cm³/mol. The third-order valence-corrected chi connectivity index (χ3v) is 4.41. The van der Waals surface area contributed by atoms with Crippen LogP contribution in [0, 0.1) is 5.92 Å². The average Bonchev–Trinajstić information content (AvgIpc) is 3.17. The zero-order chi connectivity index (χ0) is 13.2. The Hall–Kier alpha value is -1.39. The van der Waals surface area contributed by atoms with Crippen LogP contribution in [0.3, 0.4) is 0 Å². The topological polar surface area (TPSA) is 68.0 Å². The largest absolute Gasteiger partial charge is 0.476 e. The van der Waals surface area contributed by atoms with Crippen molar-refractivity contribution in [3.63, 3.8) is 0 Å². The number of carboxylic acids is 1. The molecule has 19 heavy (non-hydrogen) atoms. The molecular weight excluding hydrogens is 242 g/mol. The summed E-state index contributed by atoms with van der Waals surface area (Å²) in [4.78, 5) is 11.2. The van der Waals surface area contributed by atoms with Crippen LogP contribution < -0.4 is 0 Å². The fourth-order valence-electron chi connectivity index (χ4n) is 3.18. The summed E-state index contributed by atoms with van der Waals surface area (Å²) >= 11 is 0. The molecule has 2 aliphatic rings. The number of carbonyl (C=O) groups is 1. The summed E-state index contributed by atoms with van der Waals surface area (Å²) in [6.45, 7) is 0.830. The number of hydrogen-bond donors (Lipinski definition) is 1. The maximum Gasteiger partial charge on any atom is 0.358 e. The van der Waals surface area contributed by atoms with Gasteiger partial charge in [0.15, 0.2) is 5.69 Å². The molecule has 5 nitrogen and oxygen atoms in total. The normalized spacial score (nSPS) is 20.6. The van der Waals surface area contributed by atoms with Crippen molar-refractivity contribution in [2.75, 3.05) is 0 Å². The summed E-state index contributed by atoms with van der Waals surface area (Å²) in [6.07, 6.45) is 9.97. The van der Waals surface area contributed by atoms with E-state index in [1.54, 1.807) is 0 Å². The summed E-state index contributed by atoms with van der Waals surface area (Å²) in [5, 5.41) is 17.1. The SMILES string of the molecule is O=C(O)c1nnn(CCC2CCCCC2)c1C1CC1. The number of carboxylic acid groups (broad SMARTS) is 1. The third kappa shape index (κ3) is 2.80. The van der Waals surface area contributed by atoms with Gasteiger partial charge in [-0.25, -0.2) is 9.48 Å². The van der Waals surface area contributed by atoms with Crippen LogP contribution in [-0.2, 0) is 6.54 Å². The number of aromatic nitrogens is 3. The first-order chi connectivity index (χ1) is 9.25. The Morgan fingerprint density at radius 3 is 2.58 bits per heavy atom. The molecule has 0 unspecified atom stereocenters. The molecule has 0 aliphatic heterocycles. The molecule has 0 atom stereocenters. The molecule has 1 heterocycles. The molecule has 0 saturated heterocycles. The Bertz CT molecular complexity index is 459. The van der Waals surface area contributed by atoms with E-state index >= 15 is 0 Å². The van der Waals surface area contributed by atoms with Gasteiger partial charge in [0, 0.05) is 12.5 Å². The lowest BCUT2D eigenvalue weighted by atomic mass is 9.87. The molecule has 2 fully saturated rings. The highest BCUT2D eigenvalue weighted by Gasteiger charge is 2.33. The van der Waals surface area contributed by atoms with Gasteiger partial charge in [-0.3, -0.25) is 0 Å². The zero-order valence-electron chi connectivity index (χ0n) is 11.2. The molecule has 0 aromatic carbocycles. The molecule has 1 N–H and O–H groups in total. The van der Waals surface area contributed by atoms with E-state index in [1.807, 2.05) is 4.68 Å². The van der Waals surface area contributed by atoms with Gasteiger partial charge in [0.1, 0.15) is 0 Å². The fraction of sp³-hybridized carbons (Fsp3) is 0.786. The van der Waals surface area contributed by atoms with Crippen LogP contribution in [0.2, 0.25) is 0 Å². The molecule has 0 spiro atoms. The van der Waals surface area contributed by atoms with Gasteiger partial charge in [0.05, 0.1) is 5.69 Å². The minimum absolute atomic E-state index is 0.172. The van der Waals surface area contributed by atoms with E-state index in [1.165, 1.54) is 32.1 Å². The van der Waals surface area contributed by atoms with Gasteiger partial charge in [0.2, 0.25) is 0 Å². The van der Waals surface area contributed by atoms with Crippen molar-refractivity contribution in [3.8, 4) is 0 Å². The van der Waals surface area contributed by atoms with Crippen molar-refractivity contribution in [1.82, 2.24) is 15.0 Å². The highest BCUT2D eigenvalue weighted by molar-refractivity contribution is 5.86. The van der Waals surface area contributed by atoms with Crippen LogP contribution in [0.25, 0.3) is 0 Å². The first kappa shape index (κ1) is 12.6. The van der Waals surface area contributed by atoms with Crippen LogP contribution in [-0.4, -0.2) is 26.1 Å². The minimum Gasteiger partial charge on any atom is -0.476 e. The first-order valence-corrected chi connectivity index (χ1v) is 7.42. The van der Waals surface area contributed by atoms with Crippen molar-refractivity contribution in [1.29, 1.82) is 0 Å². The Labute approximate surface area is 113 Å². The van der Waals surface area contributed by atoms with Crippen LogP contribution in [0.5, 0.6) is 0 Å². The summed E-state index contributed by atoms with van der Waals surface area (Å²) in [5.41, 5.74) is 1.04. The second-order valence-electron chi connectivity index (χ2n) is 5.92. The standard InChI is InChI=1S/C14H21N3O2/c18-14(19)12-13(11-6-7-11)17(16-15-12)9-8-10-4-2-1-3-5-10/h10-11H,1-9H2,(H,18,19). The number of rotatable bonds is 5. The Morgan fingerprint density at radius 2 is 1.95 bits per heavy atom. The molecule has 3 rings (SSSR count). The molecule has 1 aromatic heterocycles. The van der Waals surface area contributed by atoms with Crippen molar-refractivity contribution < 1.29 is 9.90 Å². The highest BCUT2D eigenvalue weighted by Crippen LogP contribution is 2.41. The van der Waals surface area contributed by atoms with Crippen LogP contribution in [0.15, 0.2) is 0 Å². The third-order valence-electron chi connectivity index (χ3n) is 4.41. The van der Waals surface area contributed by atoms with Gasteiger partial charge in [-0.05, 0) is 25.2 Å². The second-order valence-corrected chi connectivity index (χ2v) is 5.92. The van der Waals surface area contributed by atoms with E-state index < -0.39 is 5.97 Å². The van der Waals surface area contributed by atoms with Crippen LogP contribution in [0.1, 0.15) is 73.5 Å². The smallest absolute Gasteiger partial charge is 0.358 e. The van der Waals surface area contributed by atoms with E-state index in [0.717, 1.165) is 37.4 Å². The molecule has 5 heteroatoms. The lowest BCUT2D eigenvalue weighted by molar-refractivity contribution is 0.0689. The van der Waals surface area contributed by atoms with Crippen molar-refractivity contribution in [2.45, 2.75) is 63.8 Å². The molecule has 104 valence electrons. The van der Waals surface area contributed by atoms with E-state index in [0.29, 0.717) is 5.92 Å². The average molecular weight is 263 g/mol. The molecule has 0 bridgehead atoms. The van der Waals surface area contributed by atoms with E-state index in [2.05, 4.69) is 10.3 Å². The summed E-state index contributed by atoms with van der Waals surface area (Å²) in [5.74, 6) is 0.233. The molecule has 0 radical (unpaired) electrons. The summed E-state index contributed by atoms with van der Waals surface area (Å²) < 4.78 is 1.86. The Balaban J connectivity index is 1.68. The zero-order valence-corrected chi connectivity index (χ0v) is 11.2. The van der Waals surface area contributed by atoms with Gasteiger partial charge in [-0.2, -0.15) is 0 Å². The summed E-state index contributed by atoms with van der Waals surface area (Å²) in [6, 6.07) is 0. The fourth-order valence-corrected chi connectivity index (χ4v) is 3.18. The Kier molecular flexibility index (Phi) is 3.53. The molecular formula is C14H21N3O2. The quantitative estimate of drug-likeness (QED) is 0.887. The number of nitrogens with zero attached hydrogens (tertiary/aromatic N) is 3. The molecule has 2 saturated carbocycles. The molecule has 2 aliphatic carbocycles. The van der Waals surface area contributed by atoms with E-state index in [9.17, 15) is 4.79 Å². The number of hydrogen-bond acceptors (Lipinski definition) is 3. The van der Waals surface area contributed by atoms with Gasteiger partial charge in [-0.1, -0.05) is 37.3 Å². The predicted octanol–water partition coefficient (Wildman–Crippen LogP) is 2.82. The highest BCUT2D eigenvalue weighted by atomic mass is 16.4. The van der Waals surface area contributed by atoms with Crippen molar-refractivity contribution in [3.05, 3.63) is 11.4 Å². The Morgan fingerprint density at radius 1 is 1.21 bits per heavy atom. The minimum atomic E-state index is -0.939. The number of aryl methyl sites for hydroxylation is 1. The lowest BCUT2D eigenvalue weighted by Crippen LogP contribution is -2.13. The molecule has 1 aromatic rings. The number of aromatic carboxylic acids is 1.